The molecule has 0 unspecified atom stereocenters. The molecule has 5 heteroatoms. The van der Waals surface area contributed by atoms with Crippen molar-refractivity contribution in [2.45, 2.75) is 33.6 Å². The van der Waals surface area contributed by atoms with E-state index in [1.54, 1.807) is 12.4 Å². The summed E-state index contributed by atoms with van der Waals surface area (Å²) < 4.78 is 0. The number of anilines is 1. The Labute approximate surface area is 109 Å². The van der Waals surface area contributed by atoms with Gasteiger partial charge in [0, 0.05) is 19.6 Å². The third-order valence-corrected chi connectivity index (χ3v) is 2.50. The summed E-state index contributed by atoms with van der Waals surface area (Å²) in [6.07, 6.45) is 5.05. The molecule has 0 bridgehead atoms. The van der Waals surface area contributed by atoms with E-state index in [4.69, 9.17) is 0 Å². The van der Waals surface area contributed by atoms with Crippen molar-refractivity contribution < 1.29 is 4.79 Å². The SMILES string of the molecule is CCCN(CCC)C(=O)c1cnc(NCC)cn1. The first-order valence-corrected chi connectivity index (χ1v) is 6.58. The zero-order valence-corrected chi connectivity index (χ0v) is 11.4. The molecule has 18 heavy (non-hydrogen) atoms. The summed E-state index contributed by atoms with van der Waals surface area (Å²) in [6.45, 7) is 8.45. The van der Waals surface area contributed by atoms with Gasteiger partial charge in [0.15, 0.2) is 0 Å². The zero-order chi connectivity index (χ0) is 13.4. The Kier molecular flexibility index (Phi) is 6.11. The molecule has 0 saturated heterocycles. The normalized spacial score (nSPS) is 10.2. The second-order valence-corrected chi connectivity index (χ2v) is 4.11. The van der Waals surface area contributed by atoms with Gasteiger partial charge in [-0.25, -0.2) is 9.97 Å². The lowest BCUT2D eigenvalue weighted by Gasteiger charge is -2.20. The molecule has 1 heterocycles. The first-order chi connectivity index (χ1) is 8.72. The number of hydrogen-bond acceptors (Lipinski definition) is 4. The van der Waals surface area contributed by atoms with Crippen LogP contribution in [0.1, 0.15) is 44.1 Å². The molecule has 1 rings (SSSR count). The number of carbonyl (C=O) groups is 1. The van der Waals surface area contributed by atoms with Gasteiger partial charge in [-0.05, 0) is 19.8 Å². The highest BCUT2D eigenvalue weighted by atomic mass is 16.2. The molecular weight excluding hydrogens is 228 g/mol. The maximum atomic E-state index is 12.2. The van der Waals surface area contributed by atoms with Crippen molar-refractivity contribution in [2.24, 2.45) is 0 Å². The van der Waals surface area contributed by atoms with E-state index in [0.717, 1.165) is 32.5 Å². The molecule has 0 aromatic carbocycles. The molecule has 0 aliphatic heterocycles. The maximum absolute atomic E-state index is 12.2. The lowest BCUT2D eigenvalue weighted by Crippen LogP contribution is -2.33. The van der Waals surface area contributed by atoms with Crippen molar-refractivity contribution in [1.82, 2.24) is 14.9 Å². The van der Waals surface area contributed by atoms with Crippen LogP contribution in [0.4, 0.5) is 5.82 Å². The van der Waals surface area contributed by atoms with Crippen LogP contribution in [0.3, 0.4) is 0 Å². The quantitative estimate of drug-likeness (QED) is 0.805. The van der Waals surface area contributed by atoms with Gasteiger partial charge >= 0.3 is 0 Å². The Morgan fingerprint density at radius 1 is 1.17 bits per heavy atom. The summed E-state index contributed by atoms with van der Waals surface area (Å²) in [5.74, 6) is 0.667. The number of hydrogen-bond donors (Lipinski definition) is 1. The number of nitrogens with zero attached hydrogens (tertiary/aromatic N) is 3. The van der Waals surface area contributed by atoms with Crippen molar-refractivity contribution in [2.75, 3.05) is 25.0 Å². The lowest BCUT2D eigenvalue weighted by atomic mass is 10.3. The van der Waals surface area contributed by atoms with Crippen LogP contribution in [0.5, 0.6) is 0 Å². The van der Waals surface area contributed by atoms with Gasteiger partial charge in [-0.1, -0.05) is 13.8 Å². The fourth-order valence-corrected chi connectivity index (χ4v) is 1.73. The second kappa shape index (κ2) is 7.63. The Morgan fingerprint density at radius 2 is 1.83 bits per heavy atom. The number of aromatic nitrogens is 2. The number of carbonyl (C=O) groups excluding carboxylic acids is 1. The van der Waals surface area contributed by atoms with Crippen molar-refractivity contribution in [3.05, 3.63) is 18.1 Å². The monoisotopic (exact) mass is 250 g/mol. The molecule has 0 radical (unpaired) electrons. The van der Waals surface area contributed by atoms with Crippen molar-refractivity contribution in [3.63, 3.8) is 0 Å². The van der Waals surface area contributed by atoms with Gasteiger partial charge in [-0.2, -0.15) is 0 Å². The average molecular weight is 250 g/mol. The van der Waals surface area contributed by atoms with Crippen molar-refractivity contribution in [1.29, 1.82) is 0 Å². The first kappa shape index (κ1) is 14.4. The third-order valence-electron chi connectivity index (χ3n) is 2.50. The van der Waals surface area contributed by atoms with Crippen molar-refractivity contribution in [3.8, 4) is 0 Å². The maximum Gasteiger partial charge on any atom is 0.274 e. The molecule has 1 aromatic rings. The number of rotatable bonds is 7. The minimum atomic E-state index is -0.0331. The molecule has 0 atom stereocenters. The average Bonchev–Trinajstić information content (AvgIpc) is 2.39. The molecule has 0 saturated carbocycles. The second-order valence-electron chi connectivity index (χ2n) is 4.11. The van der Waals surface area contributed by atoms with Gasteiger partial charge in [0.05, 0.1) is 12.4 Å². The fourth-order valence-electron chi connectivity index (χ4n) is 1.73. The van der Waals surface area contributed by atoms with Gasteiger partial charge in [0.1, 0.15) is 11.5 Å². The molecular formula is C13H22N4O. The molecule has 100 valence electrons. The molecule has 0 aliphatic carbocycles. The van der Waals surface area contributed by atoms with E-state index in [9.17, 15) is 4.79 Å². The van der Waals surface area contributed by atoms with Crippen LogP contribution in [0.25, 0.3) is 0 Å². The largest absolute Gasteiger partial charge is 0.369 e. The van der Waals surface area contributed by atoms with E-state index in [1.807, 2.05) is 11.8 Å². The molecule has 0 fully saturated rings. The summed E-state index contributed by atoms with van der Waals surface area (Å²) in [5.41, 5.74) is 0.415. The van der Waals surface area contributed by atoms with Gasteiger partial charge in [-0.3, -0.25) is 4.79 Å². The minimum Gasteiger partial charge on any atom is -0.369 e. The van der Waals surface area contributed by atoms with Crippen LogP contribution in [0, 0.1) is 0 Å². The number of amides is 1. The van der Waals surface area contributed by atoms with Gasteiger partial charge in [-0.15, -0.1) is 0 Å². The zero-order valence-electron chi connectivity index (χ0n) is 11.4. The molecule has 1 amide bonds. The fraction of sp³-hybridized carbons (Fsp3) is 0.615. The van der Waals surface area contributed by atoms with Crippen molar-refractivity contribution >= 4 is 11.7 Å². The molecule has 0 spiro atoms. The van der Waals surface area contributed by atoms with Crippen LogP contribution in [0.2, 0.25) is 0 Å². The topological polar surface area (TPSA) is 58.1 Å². The van der Waals surface area contributed by atoms with Crippen LogP contribution in [-0.4, -0.2) is 40.4 Å². The van der Waals surface area contributed by atoms with Crippen LogP contribution in [0.15, 0.2) is 12.4 Å². The predicted molar refractivity (Wildman–Crippen MR) is 72.7 cm³/mol. The summed E-state index contributed by atoms with van der Waals surface area (Å²) >= 11 is 0. The smallest absolute Gasteiger partial charge is 0.274 e. The first-order valence-electron chi connectivity index (χ1n) is 6.58. The molecule has 5 nitrogen and oxygen atoms in total. The van der Waals surface area contributed by atoms with E-state index >= 15 is 0 Å². The highest BCUT2D eigenvalue weighted by molar-refractivity contribution is 5.92. The Morgan fingerprint density at radius 3 is 2.28 bits per heavy atom. The Balaban J connectivity index is 2.74. The van der Waals surface area contributed by atoms with Crippen LogP contribution in [-0.2, 0) is 0 Å². The van der Waals surface area contributed by atoms with E-state index in [1.165, 1.54) is 0 Å². The third kappa shape index (κ3) is 3.98. The highest BCUT2D eigenvalue weighted by Crippen LogP contribution is 2.05. The predicted octanol–water partition coefficient (Wildman–Crippen LogP) is 2.17. The minimum absolute atomic E-state index is 0.0331. The summed E-state index contributed by atoms with van der Waals surface area (Å²) in [7, 11) is 0. The van der Waals surface area contributed by atoms with E-state index in [-0.39, 0.29) is 5.91 Å². The summed E-state index contributed by atoms with van der Waals surface area (Å²) in [5, 5.41) is 3.05. The van der Waals surface area contributed by atoms with Gasteiger partial charge in [0.25, 0.3) is 5.91 Å². The van der Waals surface area contributed by atoms with E-state index < -0.39 is 0 Å². The molecule has 0 aliphatic rings. The van der Waals surface area contributed by atoms with Gasteiger partial charge in [0.2, 0.25) is 0 Å². The van der Waals surface area contributed by atoms with Crippen LogP contribution < -0.4 is 5.32 Å². The lowest BCUT2D eigenvalue weighted by molar-refractivity contribution is 0.0749. The Bertz CT molecular complexity index is 358. The van der Waals surface area contributed by atoms with Crippen LogP contribution >= 0.6 is 0 Å². The highest BCUT2D eigenvalue weighted by Gasteiger charge is 2.15. The van der Waals surface area contributed by atoms with E-state index in [0.29, 0.717) is 11.5 Å². The molecule has 1 N–H and O–H groups in total. The number of nitrogens with one attached hydrogen (secondary N) is 1. The standard InChI is InChI=1S/C13H22N4O/c1-4-7-17(8-5-2)13(18)11-9-16-12(10-15-11)14-6-3/h9-10H,4-8H2,1-3H3,(H,14,16). The van der Waals surface area contributed by atoms with E-state index in [2.05, 4.69) is 29.1 Å². The Hall–Kier alpha value is -1.65. The summed E-state index contributed by atoms with van der Waals surface area (Å²) in [4.78, 5) is 22.4. The molecule has 1 aromatic heterocycles. The summed E-state index contributed by atoms with van der Waals surface area (Å²) in [6, 6.07) is 0. The van der Waals surface area contributed by atoms with Gasteiger partial charge < -0.3 is 10.2 Å².